The van der Waals surface area contributed by atoms with Crippen molar-refractivity contribution in [2.75, 3.05) is 19.7 Å². The van der Waals surface area contributed by atoms with Gasteiger partial charge in [-0.3, -0.25) is 4.79 Å². The van der Waals surface area contributed by atoms with E-state index in [1.165, 1.54) is 0 Å². The second-order valence-corrected chi connectivity index (χ2v) is 5.09. The van der Waals surface area contributed by atoms with Crippen LogP contribution in [0.3, 0.4) is 0 Å². The molecule has 0 bridgehead atoms. The van der Waals surface area contributed by atoms with Crippen LogP contribution >= 0.6 is 0 Å². The third-order valence-corrected chi connectivity index (χ3v) is 2.80. The van der Waals surface area contributed by atoms with Crippen molar-refractivity contribution in [3.63, 3.8) is 0 Å². The van der Waals surface area contributed by atoms with Gasteiger partial charge >= 0.3 is 12.0 Å². The van der Waals surface area contributed by atoms with Crippen LogP contribution in [-0.4, -0.2) is 42.9 Å². The average Bonchev–Trinajstić information content (AvgIpc) is 2.37. The summed E-state index contributed by atoms with van der Waals surface area (Å²) >= 11 is 0. The smallest absolute Gasteiger partial charge is 0.314 e. The lowest BCUT2D eigenvalue weighted by atomic mass is 10.0. The highest BCUT2D eigenvalue weighted by molar-refractivity contribution is 5.75. The molecule has 0 aliphatic heterocycles. The van der Waals surface area contributed by atoms with E-state index in [1.807, 2.05) is 20.8 Å². The number of nitrogens with one attached hydrogen (secondary N) is 2. The molecule has 6 heteroatoms. The number of amides is 2. The summed E-state index contributed by atoms with van der Waals surface area (Å²) in [6, 6.07) is -0.308. The zero-order valence-corrected chi connectivity index (χ0v) is 12.8. The van der Waals surface area contributed by atoms with Gasteiger partial charge in [0.1, 0.15) is 0 Å². The van der Waals surface area contributed by atoms with Crippen LogP contribution in [0.4, 0.5) is 4.79 Å². The molecular formula is C14H28N2O4. The predicted octanol–water partition coefficient (Wildman–Crippen LogP) is 1.99. The number of aliphatic carboxylic acids is 1. The molecular weight excluding hydrogens is 260 g/mol. The highest BCUT2D eigenvalue weighted by atomic mass is 16.5. The van der Waals surface area contributed by atoms with Gasteiger partial charge in [-0.1, -0.05) is 13.3 Å². The summed E-state index contributed by atoms with van der Waals surface area (Å²) in [5, 5.41) is 14.3. The third-order valence-electron chi connectivity index (χ3n) is 2.80. The highest BCUT2D eigenvalue weighted by Crippen LogP contribution is 2.04. The zero-order chi connectivity index (χ0) is 15.4. The van der Waals surface area contributed by atoms with E-state index in [0.717, 1.165) is 19.3 Å². The van der Waals surface area contributed by atoms with Gasteiger partial charge in [-0.05, 0) is 33.1 Å². The number of carboxylic acid groups (broad SMARTS) is 1. The van der Waals surface area contributed by atoms with Gasteiger partial charge in [-0.2, -0.15) is 0 Å². The number of urea groups is 1. The molecule has 1 atom stereocenters. The van der Waals surface area contributed by atoms with Crippen molar-refractivity contribution < 1.29 is 19.4 Å². The van der Waals surface area contributed by atoms with Gasteiger partial charge in [0.15, 0.2) is 0 Å². The zero-order valence-electron chi connectivity index (χ0n) is 12.8. The number of hydrogen-bond donors (Lipinski definition) is 3. The largest absolute Gasteiger partial charge is 0.481 e. The molecule has 2 amide bonds. The maximum Gasteiger partial charge on any atom is 0.314 e. The van der Waals surface area contributed by atoms with Gasteiger partial charge in [0.05, 0.1) is 12.0 Å². The first kappa shape index (κ1) is 18.7. The second-order valence-electron chi connectivity index (χ2n) is 5.09. The number of carbonyl (C=O) groups excluding carboxylic acids is 1. The molecule has 6 nitrogen and oxygen atoms in total. The first-order chi connectivity index (χ1) is 9.47. The van der Waals surface area contributed by atoms with E-state index in [2.05, 4.69) is 10.6 Å². The molecule has 0 aromatic carbocycles. The molecule has 0 saturated heterocycles. The van der Waals surface area contributed by atoms with Gasteiger partial charge < -0.3 is 20.5 Å². The van der Waals surface area contributed by atoms with Crippen LogP contribution in [-0.2, 0) is 9.53 Å². The monoisotopic (exact) mass is 288 g/mol. The molecule has 0 aliphatic rings. The topological polar surface area (TPSA) is 87.7 Å². The van der Waals surface area contributed by atoms with E-state index in [1.54, 1.807) is 0 Å². The van der Waals surface area contributed by atoms with E-state index in [9.17, 15) is 9.59 Å². The first-order valence-electron chi connectivity index (χ1n) is 7.33. The number of rotatable bonds is 11. The lowest BCUT2D eigenvalue weighted by Crippen LogP contribution is -2.40. The standard InChI is InChI=1S/C14H28N2O4/c1-4-7-12(13(17)18)10-16-14(19)15-8-5-6-9-20-11(2)3/h11-12H,4-10H2,1-3H3,(H,17,18)(H2,15,16,19). The number of ether oxygens (including phenoxy) is 1. The summed E-state index contributed by atoms with van der Waals surface area (Å²) in [6.45, 7) is 7.33. The minimum absolute atomic E-state index is 0.172. The molecule has 20 heavy (non-hydrogen) atoms. The summed E-state index contributed by atoms with van der Waals surface area (Å²) in [5.41, 5.74) is 0. The Balaban J connectivity index is 3.60. The Hall–Kier alpha value is -1.30. The minimum Gasteiger partial charge on any atom is -0.481 e. The summed E-state index contributed by atoms with van der Waals surface area (Å²) in [5.74, 6) is -1.37. The van der Waals surface area contributed by atoms with E-state index in [-0.39, 0.29) is 18.7 Å². The molecule has 0 fully saturated rings. The first-order valence-corrected chi connectivity index (χ1v) is 7.33. The lowest BCUT2D eigenvalue weighted by molar-refractivity contribution is -0.141. The summed E-state index contributed by atoms with van der Waals surface area (Å²) < 4.78 is 5.39. The van der Waals surface area contributed by atoms with Gasteiger partial charge in [0.25, 0.3) is 0 Å². The minimum atomic E-state index is -0.863. The van der Waals surface area contributed by atoms with Crippen LogP contribution in [0.5, 0.6) is 0 Å². The fourth-order valence-corrected chi connectivity index (χ4v) is 1.69. The molecule has 3 N–H and O–H groups in total. The van der Waals surface area contributed by atoms with E-state index < -0.39 is 11.9 Å². The van der Waals surface area contributed by atoms with Crippen molar-refractivity contribution in [3.8, 4) is 0 Å². The molecule has 0 rings (SSSR count). The Morgan fingerprint density at radius 3 is 2.45 bits per heavy atom. The molecule has 0 aromatic rings. The van der Waals surface area contributed by atoms with Gasteiger partial charge in [0, 0.05) is 19.7 Å². The third kappa shape index (κ3) is 10.6. The van der Waals surface area contributed by atoms with Crippen LogP contribution in [0.1, 0.15) is 46.5 Å². The Morgan fingerprint density at radius 2 is 1.90 bits per heavy atom. The molecule has 0 radical (unpaired) electrons. The van der Waals surface area contributed by atoms with Crippen LogP contribution in [0.25, 0.3) is 0 Å². The van der Waals surface area contributed by atoms with Crippen molar-refractivity contribution in [2.45, 2.75) is 52.6 Å². The van der Waals surface area contributed by atoms with Gasteiger partial charge in [-0.15, -0.1) is 0 Å². The number of hydrogen-bond acceptors (Lipinski definition) is 3. The van der Waals surface area contributed by atoms with E-state index >= 15 is 0 Å². The predicted molar refractivity (Wildman–Crippen MR) is 77.8 cm³/mol. The second kappa shape index (κ2) is 11.5. The van der Waals surface area contributed by atoms with Crippen molar-refractivity contribution in [3.05, 3.63) is 0 Å². The molecule has 0 heterocycles. The molecule has 1 unspecified atom stereocenters. The fraction of sp³-hybridized carbons (Fsp3) is 0.857. The maximum atomic E-state index is 11.5. The van der Waals surface area contributed by atoms with E-state index in [4.69, 9.17) is 9.84 Å². The molecule has 0 aliphatic carbocycles. The van der Waals surface area contributed by atoms with Crippen molar-refractivity contribution in [1.82, 2.24) is 10.6 Å². The van der Waals surface area contributed by atoms with Crippen LogP contribution in [0.15, 0.2) is 0 Å². The van der Waals surface area contributed by atoms with Gasteiger partial charge in [0.2, 0.25) is 0 Å². The van der Waals surface area contributed by atoms with Crippen molar-refractivity contribution in [2.24, 2.45) is 5.92 Å². The van der Waals surface area contributed by atoms with Gasteiger partial charge in [-0.25, -0.2) is 4.79 Å². The van der Waals surface area contributed by atoms with Crippen LogP contribution in [0.2, 0.25) is 0 Å². The Kier molecular flexibility index (Phi) is 10.8. The number of carbonyl (C=O) groups is 2. The molecule has 0 saturated carbocycles. The molecule has 118 valence electrons. The van der Waals surface area contributed by atoms with E-state index in [0.29, 0.717) is 19.6 Å². The summed E-state index contributed by atoms with van der Waals surface area (Å²) in [7, 11) is 0. The Labute approximate surface area is 121 Å². The summed E-state index contributed by atoms with van der Waals surface area (Å²) in [4.78, 5) is 22.4. The normalized spacial score (nSPS) is 12.2. The van der Waals surface area contributed by atoms with Crippen LogP contribution in [0, 0.1) is 5.92 Å². The SMILES string of the molecule is CCCC(CNC(=O)NCCCCOC(C)C)C(=O)O. The molecule has 0 spiro atoms. The Bertz CT molecular complexity index is 282. The highest BCUT2D eigenvalue weighted by Gasteiger charge is 2.16. The summed E-state index contributed by atoms with van der Waals surface area (Å²) in [6.07, 6.45) is 3.33. The van der Waals surface area contributed by atoms with Crippen LogP contribution < -0.4 is 10.6 Å². The number of unbranched alkanes of at least 4 members (excludes halogenated alkanes) is 1. The quantitative estimate of drug-likeness (QED) is 0.507. The molecule has 0 aromatic heterocycles. The average molecular weight is 288 g/mol. The van der Waals surface area contributed by atoms with Crippen molar-refractivity contribution in [1.29, 1.82) is 0 Å². The van der Waals surface area contributed by atoms with Crippen molar-refractivity contribution >= 4 is 12.0 Å². The fourth-order valence-electron chi connectivity index (χ4n) is 1.69. The lowest BCUT2D eigenvalue weighted by Gasteiger charge is -2.13. The maximum absolute atomic E-state index is 11.5. The Morgan fingerprint density at radius 1 is 1.20 bits per heavy atom. The number of carboxylic acids is 1.